The van der Waals surface area contributed by atoms with Crippen LogP contribution in [-0.2, 0) is 4.74 Å². The zero-order valence-electron chi connectivity index (χ0n) is 16.3. The number of hydrogen-bond acceptors (Lipinski definition) is 4. The number of carbonyl (C=O) groups excluding carboxylic acids is 1. The number of amides is 1. The van der Waals surface area contributed by atoms with Gasteiger partial charge in [-0.2, -0.15) is 0 Å². The first-order valence-electron chi connectivity index (χ1n) is 9.70. The lowest BCUT2D eigenvalue weighted by atomic mass is 9.76. The van der Waals surface area contributed by atoms with E-state index < -0.39 is 0 Å². The molecule has 2 N–H and O–H groups in total. The van der Waals surface area contributed by atoms with Gasteiger partial charge in [0.05, 0.1) is 31.0 Å². The lowest BCUT2D eigenvalue weighted by Gasteiger charge is -2.38. The smallest absolute Gasteiger partial charge is 0.253 e. The van der Waals surface area contributed by atoms with Crippen LogP contribution >= 0.6 is 0 Å². The van der Waals surface area contributed by atoms with Crippen LogP contribution < -0.4 is 15.4 Å². The predicted octanol–water partition coefficient (Wildman–Crippen LogP) is 3.90. The molecule has 0 aromatic heterocycles. The van der Waals surface area contributed by atoms with E-state index in [1.165, 1.54) is 5.56 Å². The van der Waals surface area contributed by atoms with E-state index in [0.29, 0.717) is 24.6 Å². The third kappa shape index (κ3) is 3.27. The first kappa shape index (κ1) is 18.6. The average molecular weight is 378 g/mol. The first-order chi connectivity index (χ1) is 13.7. The molecule has 0 bridgehead atoms. The van der Waals surface area contributed by atoms with Crippen LogP contribution in [-0.4, -0.2) is 33.3 Å². The number of carbonyl (C=O) groups is 1. The number of anilines is 1. The van der Waals surface area contributed by atoms with Gasteiger partial charge in [-0.1, -0.05) is 42.5 Å². The van der Waals surface area contributed by atoms with E-state index in [4.69, 9.17) is 9.47 Å². The zero-order chi connectivity index (χ0) is 19.5. The highest BCUT2D eigenvalue weighted by Crippen LogP contribution is 2.51. The standard InChI is InChI=1S/C23H26N2O3/c1-27-14-13-24-23(26)19-11-6-10-17-15-8-5-9-16(15)21(25-22(17)19)18-7-3-4-12-20(18)28-2/h3-8,10-12,15-16,21,25H,9,13-14H2,1-2H3,(H,24,26). The first-order valence-corrected chi connectivity index (χ1v) is 9.70. The van der Waals surface area contributed by atoms with Crippen LogP contribution in [0.3, 0.4) is 0 Å². The predicted molar refractivity (Wildman–Crippen MR) is 110 cm³/mol. The number of ether oxygens (including phenoxy) is 2. The third-order valence-electron chi connectivity index (χ3n) is 5.71. The number of fused-ring (bicyclic) bond motifs is 3. The van der Waals surface area contributed by atoms with Crippen LogP contribution in [0.15, 0.2) is 54.6 Å². The fourth-order valence-electron chi connectivity index (χ4n) is 4.40. The largest absolute Gasteiger partial charge is 0.496 e. The number of nitrogens with one attached hydrogen (secondary N) is 2. The number of hydrogen-bond donors (Lipinski definition) is 2. The molecule has 1 aliphatic carbocycles. The number of allylic oxidation sites excluding steroid dienone is 2. The quantitative estimate of drug-likeness (QED) is 0.591. The van der Waals surface area contributed by atoms with Gasteiger partial charge in [0.2, 0.25) is 0 Å². The zero-order valence-corrected chi connectivity index (χ0v) is 16.3. The van der Waals surface area contributed by atoms with Gasteiger partial charge >= 0.3 is 0 Å². The Labute approximate surface area is 165 Å². The molecule has 2 aliphatic rings. The Hall–Kier alpha value is -2.79. The van der Waals surface area contributed by atoms with Gasteiger partial charge in [0.1, 0.15) is 5.75 Å². The minimum absolute atomic E-state index is 0.0802. The molecule has 0 radical (unpaired) electrons. The van der Waals surface area contributed by atoms with Crippen LogP contribution in [0, 0.1) is 5.92 Å². The number of methoxy groups -OCH3 is 2. The van der Waals surface area contributed by atoms with E-state index in [-0.39, 0.29) is 17.9 Å². The van der Waals surface area contributed by atoms with Crippen LogP contribution in [0.4, 0.5) is 5.69 Å². The summed E-state index contributed by atoms with van der Waals surface area (Å²) in [5.74, 6) is 1.48. The second-order valence-corrected chi connectivity index (χ2v) is 7.24. The van der Waals surface area contributed by atoms with Crippen molar-refractivity contribution in [2.24, 2.45) is 5.92 Å². The van der Waals surface area contributed by atoms with Crippen molar-refractivity contribution in [3.63, 3.8) is 0 Å². The monoisotopic (exact) mass is 378 g/mol. The highest BCUT2D eigenvalue weighted by atomic mass is 16.5. The normalized spacial score (nSPS) is 22.1. The Morgan fingerprint density at radius 3 is 2.79 bits per heavy atom. The van der Waals surface area contributed by atoms with E-state index in [1.54, 1.807) is 14.2 Å². The Morgan fingerprint density at radius 2 is 1.96 bits per heavy atom. The summed E-state index contributed by atoms with van der Waals surface area (Å²) in [6.07, 6.45) is 5.53. The fraction of sp³-hybridized carbons (Fsp3) is 0.348. The molecular weight excluding hydrogens is 352 g/mol. The maximum Gasteiger partial charge on any atom is 0.253 e. The van der Waals surface area contributed by atoms with Gasteiger partial charge in [-0.25, -0.2) is 0 Å². The summed E-state index contributed by atoms with van der Waals surface area (Å²) >= 11 is 0. The van der Waals surface area contributed by atoms with Crippen molar-refractivity contribution in [1.29, 1.82) is 0 Å². The Balaban J connectivity index is 1.73. The highest BCUT2D eigenvalue weighted by Gasteiger charge is 2.40. The molecule has 3 unspecified atom stereocenters. The van der Waals surface area contributed by atoms with Gasteiger partial charge in [0, 0.05) is 25.1 Å². The average Bonchev–Trinajstić information content (AvgIpc) is 3.23. The minimum atomic E-state index is -0.0828. The number of benzene rings is 2. The lowest BCUT2D eigenvalue weighted by molar-refractivity contribution is 0.0937. The molecule has 0 saturated carbocycles. The lowest BCUT2D eigenvalue weighted by Crippen LogP contribution is -2.33. The van der Waals surface area contributed by atoms with Crippen molar-refractivity contribution in [2.45, 2.75) is 18.4 Å². The summed E-state index contributed by atoms with van der Waals surface area (Å²) in [5.41, 5.74) is 3.90. The summed E-state index contributed by atoms with van der Waals surface area (Å²) in [4.78, 5) is 12.8. The molecule has 5 nitrogen and oxygen atoms in total. The Kier molecular flexibility index (Phi) is 5.35. The Bertz CT molecular complexity index is 893. The molecule has 0 fully saturated rings. The van der Waals surface area contributed by atoms with Crippen LogP contribution in [0.2, 0.25) is 0 Å². The van der Waals surface area contributed by atoms with Crippen molar-refractivity contribution in [2.75, 3.05) is 32.7 Å². The van der Waals surface area contributed by atoms with Gasteiger partial charge in [-0.05, 0) is 30.0 Å². The van der Waals surface area contributed by atoms with E-state index in [9.17, 15) is 4.79 Å². The van der Waals surface area contributed by atoms with Gasteiger partial charge in [-0.15, -0.1) is 0 Å². The maximum atomic E-state index is 12.8. The second kappa shape index (κ2) is 8.07. The minimum Gasteiger partial charge on any atom is -0.496 e. The van der Waals surface area contributed by atoms with Crippen molar-refractivity contribution in [1.82, 2.24) is 5.32 Å². The molecule has 1 heterocycles. The topological polar surface area (TPSA) is 59.6 Å². The molecule has 2 aromatic carbocycles. The molecule has 4 rings (SSSR count). The summed E-state index contributed by atoms with van der Waals surface area (Å²) in [5, 5.41) is 6.63. The number of rotatable bonds is 6. The van der Waals surface area contributed by atoms with E-state index in [1.807, 2.05) is 30.3 Å². The molecule has 5 heteroatoms. The van der Waals surface area contributed by atoms with Crippen LogP contribution in [0.1, 0.15) is 39.9 Å². The summed E-state index contributed by atoms with van der Waals surface area (Å²) in [6, 6.07) is 14.2. The maximum absolute atomic E-state index is 12.8. The number of para-hydroxylation sites is 2. The highest BCUT2D eigenvalue weighted by molar-refractivity contribution is 6.00. The molecule has 1 aliphatic heterocycles. The summed E-state index contributed by atoms with van der Waals surface area (Å²) < 4.78 is 10.7. The fourth-order valence-corrected chi connectivity index (χ4v) is 4.40. The van der Waals surface area contributed by atoms with Crippen molar-refractivity contribution >= 4 is 11.6 Å². The molecule has 2 aromatic rings. The van der Waals surface area contributed by atoms with Gasteiger partial charge in [-0.3, -0.25) is 4.79 Å². The SMILES string of the molecule is COCCNC(=O)c1cccc2c1NC(c1ccccc1OC)C1CC=CC21. The van der Waals surface area contributed by atoms with Gasteiger partial charge < -0.3 is 20.1 Å². The van der Waals surface area contributed by atoms with Gasteiger partial charge in [0.15, 0.2) is 0 Å². The molecule has 3 atom stereocenters. The molecule has 0 saturated heterocycles. The molecule has 28 heavy (non-hydrogen) atoms. The summed E-state index contributed by atoms with van der Waals surface area (Å²) in [7, 11) is 3.33. The van der Waals surface area contributed by atoms with E-state index in [0.717, 1.165) is 23.4 Å². The summed E-state index contributed by atoms with van der Waals surface area (Å²) in [6.45, 7) is 0.979. The Morgan fingerprint density at radius 1 is 1.14 bits per heavy atom. The molecule has 146 valence electrons. The molecule has 1 amide bonds. The van der Waals surface area contributed by atoms with Crippen molar-refractivity contribution < 1.29 is 14.3 Å². The second-order valence-electron chi connectivity index (χ2n) is 7.24. The van der Waals surface area contributed by atoms with Crippen molar-refractivity contribution in [3.05, 3.63) is 71.3 Å². The third-order valence-corrected chi connectivity index (χ3v) is 5.71. The van der Waals surface area contributed by atoms with E-state index in [2.05, 4.69) is 34.9 Å². The van der Waals surface area contributed by atoms with Gasteiger partial charge in [0.25, 0.3) is 5.91 Å². The molecule has 0 spiro atoms. The van der Waals surface area contributed by atoms with E-state index >= 15 is 0 Å². The van der Waals surface area contributed by atoms with Crippen LogP contribution in [0.25, 0.3) is 0 Å². The molecular formula is C23H26N2O3. The van der Waals surface area contributed by atoms with Crippen molar-refractivity contribution in [3.8, 4) is 5.75 Å². The van der Waals surface area contributed by atoms with Crippen LogP contribution in [0.5, 0.6) is 5.75 Å².